The number of morpholine rings is 1. The van der Waals surface area contributed by atoms with E-state index in [0.717, 1.165) is 17.8 Å². The van der Waals surface area contributed by atoms with E-state index in [2.05, 4.69) is 9.97 Å². The Morgan fingerprint density at radius 2 is 2.13 bits per heavy atom. The van der Waals surface area contributed by atoms with Gasteiger partial charge in [0.2, 0.25) is 10.0 Å². The second-order valence-electron chi connectivity index (χ2n) is 5.23. The molecule has 1 N–H and O–H groups in total. The van der Waals surface area contributed by atoms with Gasteiger partial charge in [-0.2, -0.15) is 4.31 Å². The molecule has 1 saturated heterocycles. The van der Waals surface area contributed by atoms with Gasteiger partial charge in [-0.05, 0) is 25.1 Å². The largest absolute Gasteiger partial charge is 0.378 e. The van der Waals surface area contributed by atoms with Crippen LogP contribution in [-0.2, 0) is 14.8 Å². The van der Waals surface area contributed by atoms with E-state index in [1.807, 2.05) is 0 Å². The number of ether oxygens (including phenoxy) is 1. The number of benzene rings is 1. The second kappa shape index (κ2) is 5.99. The number of aryl methyl sites for hydroxylation is 1. The van der Waals surface area contributed by atoms with E-state index in [-0.39, 0.29) is 24.7 Å². The number of hydrogen-bond donors (Lipinski definition) is 1. The average molecular weight is 343 g/mol. The van der Waals surface area contributed by atoms with Crippen LogP contribution >= 0.6 is 0 Å². The number of imidazole rings is 1. The van der Waals surface area contributed by atoms with Gasteiger partial charge < -0.3 is 9.72 Å². The Morgan fingerprint density at radius 3 is 2.78 bits per heavy atom. The quantitative estimate of drug-likeness (QED) is 0.921. The molecule has 23 heavy (non-hydrogen) atoms. The summed E-state index contributed by atoms with van der Waals surface area (Å²) in [5.41, 5.74) is 0.788. The Labute approximate surface area is 132 Å². The lowest BCUT2D eigenvalue weighted by Gasteiger charge is -2.33. The molecular weight excluding hydrogens is 328 g/mol. The highest BCUT2D eigenvalue weighted by molar-refractivity contribution is 7.89. The minimum Gasteiger partial charge on any atom is -0.378 e. The van der Waals surface area contributed by atoms with Crippen molar-refractivity contribution in [3.05, 3.63) is 47.5 Å². The summed E-state index contributed by atoms with van der Waals surface area (Å²) in [6.45, 7) is 2.26. The molecule has 0 saturated carbocycles. The Hall–Kier alpha value is -1.84. The first kappa shape index (κ1) is 16.0. The molecule has 2 aromatic rings. The zero-order valence-electron chi connectivity index (χ0n) is 12.3. The van der Waals surface area contributed by atoms with Gasteiger partial charge in [0, 0.05) is 18.4 Å². The van der Waals surface area contributed by atoms with Crippen molar-refractivity contribution in [1.82, 2.24) is 14.3 Å². The number of rotatable bonds is 3. The molecule has 0 aliphatic carbocycles. The van der Waals surface area contributed by atoms with E-state index < -0.39 is 27.7 Å². The number of halogens is 2. The van der Waals surface area contributed by atoms with Crippen LogP contribution in [0.2, 0.25) is 0 Å². The minimum absolute atomic E-state index is 0.103. The Morgan fingerprint density at radius 1 is 1.35 bits per heavy atom. The molecule has 1 atom stereocenters. The van der Waals surface area contributed by atoms with Gasteiger partial charge >= 0.3 is 0 Å². The van der Waals surface area contributed by atoms with E-state index in [1.165, 1.54) is 4.31 Å². The molecule has 6 nitrogen and oxygen atoms in total. The molecule has 1 fully saturated rings. The van der Waals surface area contributed by atoms with Crippen LogP contribution in [0, 0.1) is 18.6 Å². The predicted molar refractivity (Wildman–Crippen MR) is 77.1 cm³/mol. The standard InChI is InChI=1S/C14H15F2N3O3S/c1-9-7-17-14(18-9)13-8-22-5-4-19(13)23(20,21)10-2-3-11(15)12(16)6-10/h2-3,6-7,13H,4-5,8H2,1H3,(H,17,18)/t13-/m0/s1. The zero-order chi connectivity index (χ0) is 16.6. The molecule has 1 aromatic carbocycles. The molecular formula is C14H15F2N3O3S. The first-order chi connectivity index (χ1) is 10.9. The highest BCUT2D eigenvalue weighted by Crippen LogP contribution is 2.29. The van der Waals surface area contributed by atoms with E-state index in [1.54, 1.807) is 13.1 Å². The third-order valence-corrected chi connectivity index (χ3v) is 5.52. The van der Waals surface area contributed by atoms with Gasteiger partial charge in [0.1, 0.15) is 11.9 Å². The summed E-state index contributed by atoms with van der Waals surface area (Å²) in [7, 11) is -4.00. The van der Waals surface area contributed by atoms with Crippen LogP contribution in [0.4, 0.5) is 8.78 Å². The summed E-state index contributed by atoms with van der Waals surface area (Å²) in [5, 5.41) is 0. The SMILES string of the molecule is Cc1cnc([C@@H]2COCCN2S(=O)(=O)c2ccc(F)c(F)c2)[nH]1. The first-order valence-electron chi connectivity index (χ1n) is 6.96. The number of nitrogens with zero attached hydrogens (tertiary/aromatic N) is 2. The minimum atomic E-state index is -4.00. The predicted octanol–water partition coefficient (Wildman–Crippen LogP) is 1.76. The average Bonchev–Trinajstić information content (AvgIpc) is 2.96. The van der Waals surface area contributed by atoms with Crippen LogP contribution in [0.5, 0.6) is 0 Å². The maximum absolute atomic E-state index is 13.4. The van der Waals surface area contributed by atoms with Crippen LogP contribution < -0.4 is 0 Å². The number of hydrogen-bond acceptors (Lipinski definition) is 4. The molecule has 0 bridgehead atoms. The summed E-state index contributed by atoms with van der Waals surface area (Å²) >= 11 is 0. The van der Waals surface area contributed by atoms with Gasteiger partial charge in [0.25, 0.3) is 0 Å². The van der Waals surface area contributed by atoms with Crippen molar-refractivity contribution in [2.45, 2.75) is 17.9 Å². The van der Waals surface area contributed by atoms with Gasteiger partial charge in [-0.3, -0.25) is 0 Å². The van der Waals surface area contributed by atoms with Crippen molar-refractivity contribution >= 4 is 10.0 Å². The lowest BCUT2D eigenvalue weighted by molar-refractivity contribution is 0.0292. The summed E-state index contributed by atoms with van der Waals surface area (Å²) in [6, 6.07) is 1.89. The van der Waals surface area contributed by atoms with E-state index >= 15 is 0 Å². The van der Waals surface area contributed by atoms with Crippen molar-refractivity contribution in [2.24, 2.45) is 0 Å². The lowest BCUT2D eigenvalue weighted by Crippen LogP contribution is -2.43. The van der Waals surface area contributed by atoms with E-state index in [4.69, 9.17) is 4.74 Å². The second-order valence-corrected chi connectivity index (χ2v) is 7.12. The van der Waals surface area contributed by atoms with Gasteiger partial charge in [0.15, 0.2) is 11.6 Å². The monoisotopic (exact) mass is 343 g/mol. The molecule has 0 unspecified atom stereocenters. The summed E-state index contributed by atoms with van der Waals surface area (Å²) in [6.07, 6.45) is 1.59. The molecule has 9 heteroatoms. The molecule has 0 spiro atoms. The van der Waals surface area contributed by atoms with Crippen molar-refractivity contribution in [2.75, 3.05) is 19.8 Å². The lowest BCUT2D eigenvalue weighted by atomic mass is 10.2. The first-order valence-corrected chi connectivity index (χ1v) is 8.40. The molecule has 3 rings (SSSR count). The number of sulfonamides is 1. The fraction of sp³-hybridized carbons (Fsp3) is 0.357. The Kier molecular flexibility index (Phi) is 4.17. The molecule has 1 aromatic heterocycles. The van der Waals surface area contributed by atoms with Crippen molar-refractivity contribution in [3.8, 4) is 0 Å². The zero-order valence-corrected chi connectivity index (χ0v) is 13.1. The number of nitrogens with one attached hydrogen (secondary N) is 1. The molecule has 124 valence electrons. The van der Waals surface area contributed by atoms with Gasteiger partial charge in [0.05, 0.1) is 18.1 Å². The molecule has 1 aliphatic rings. The summed E-state index contributed by atoms with van der Waals surface area (Å²) < 4.78 is 58.6. The molecule has 0 amide bonds. The van der Waals surface area contributed by atoms with Gasteiger partial charge in [-0.15, -0.1) is 0 Å². The van der Waals surface area contributed by atoms with Crippen LogP contribution in [0.1, 0.15) is 17.6 Å². The highest BCUT2D eigenvalue weighted by atomic mass is 32.2. The van der Waals surface area contributed by atoms with Crippen molar-refractivity contribution < 1.29 is 21.9 Å². The fourth-order valence-electron chi connectivity index (χ4n) is 2.47. The van der Waals surface area contributed by atoms with Gasteiger partial charge in [-0.1, -0.05) is 0 Å². The molecule has 1 aliphatic heterocycles. The number of H-pyrrole nitrogens is 1. The molecule has 0 radical (unpaired) electrons. The van der Waals surface area contributed by atoms with Crippen molar-refractivity contribution in [1.29, 1.82) is 0 Å². The Bertz CT molecular complexity index is 822. The summed E-state index contributed by atoms with van der Waals surface area (Å²) in [5.74, 6) is -1.85. The fourth-order valence-corrected chi connectivity index (χ4v) is 4.04. The summed E-state index contributed by atoms with van der Waals surface area (Å²) in [4.78, 5) is 6.84. The molecule has 2 heterocycles. The Balaban J connectivity index is 2.00. The smallest absolute Gasteiger partial charge is 0.244 e. The maximum atomic E-state index is 13.4. The van der Waals surface area contributed by atoms with Crippen molar-refractivity contribution in [3.63, 3.8) is 0 Å². The normalized spacial score (nSPS) is 19.9. The van der Waals surface area contributed by atoms with Gasteiger partial charge in [-0.25, -0.2) is 22.2 Å². The maximum Gasteiger partial charge on any atom is 0.244 e. The van der Waals surface area contributed by atoms with Crippen LogP contribution in [0.25, 0.3) is 0 Å². The van der Waals surface area contributed by atoms with Crippen LogP contribution in [-0.4, -0.2) is 42.4 Å². The van der Waals surface area contributed by atoms with Crippen LogP contribution in [0.3, 0.4) is 0 Å². The third-order valence-electron chi connectivity index (χ3n) is 3.62. The topological polar surface area (TPSA) is 75.3 Å². The van der Waals surface area contributed by atoms with Crippen LogP contribution in [0.15, 0.2) is 29.3 Å². The van der Waals surface area contributed by atoms with E-state index in [0.29, 0.717) is 11.9 Å². The highest BCUT2D eigenvalue weighted by Gasteiger charge is 2.36. The van der Waals surface area contributed by atoms with E-state index in [9.17, 15) is 17.2 Å². The third kappa shape index (κ3) is 2.99. The number of aromatic amines is 1. The number of aromatic nitrogens is 2.